The Kier molecular flexibility index (Phi) is 3.93. The Morgan fingerprint density at radius 3 is 2.50 bits per heavy atom. The molecule has 0 fully saturated rings. The van der Waals surface area contributed by atoms with Crippen LogP contribution in [0, 0.1) is 5.95 Å². The van der Waals surface area contributed by atoms with E-state index >= 15 is 0 Å². The summed E-state index contributed by atoms with van der Waals surface area (Å²) in [6.45, 7) is -0.882. The SMILES string of the molecule is OCc1nc(F)cc(CCl)c1OC(F)(F)F. The molecular formula is C8H6ClF4NO2. The largest absolute Gasteiger partial charge is 0.573 e. The first-order chi connectivity index (χ1) is 7.37. The second kappa shape index (κ2) is 4.84. The molecule has 3 nitrogen and oxygen atoms in total. The number of aliphatic hydroxyl groups excluding tert-OH is 1. The average molecular weight is 260 g/mol. The van der Waals surface area contributed by atoms with Gasteiger partial charge in [-0.25, -0.2) is 4.98 Å². The molecule has 8 heteroatoms. The molecule has 1 aromatic rings. The van der Waals surface area contributed by atoms with Crippen molar-refractivity contribution < 1.29 is 27.4 Å². The Morgan fingerprint density at radius 1 is 1.44 bits per heavy atom. The molecule has 0 bridgehead atoms. The van der Waals surface area contributed by atoms with Crippen LogP contribution >= 0.6 is 11.6 Å². The van der Waals surface area contributed by atoms with Crippen LogP contribution in [-0.2, 0) is 12.5 Å². The minimum absolute atomic E-state index is 0.226. The number of aliphatic hydroxyl groups is 1. The van der Waals surface area contributed by atoms with Crippen molar-refractivity contribution in [3.05, 3.63) is 23.3 Å². The maximum atomic E-state index is 12.8. The van der Waals surface area contributed by atoms with Gasteiger partial charge in [0.25, 0.3) is 0 Å². The second-order valence-electron chi connectivity index (χ2n) is 2.72. The van der Waals surface area contributed by atoms with Gasteiger partial charge in [-0.1, -0.05) is 0 Å². The zero-order chi connectivity index (χ0) is 12.3. The van der Waals surface area contributed by atoms with Crippen molar-refractivity contribution in [1.29, 1.82) is 0 Å². The van der Waals surface area contributed by atoms with Crippen LogP contribution in [0.2, 0.25) is 0 Å². The molecule has 0 saturated carbocycles. The number of pyridine rings is 1. The van der Waals surface area contributed by atoms with E-state index in [0.29, 0.717) is 6.07 Å². The van der Waals surface area contributed by atoms with Crippen LogP contribution in [0.3, 0.4) is 0 Å². The van der Waals surface area contributed by atoms with Crippen molar-refractivity contribution in [3.63, 3.8) is 0 Å². The number of hydrogen-bond acceptors (Lipinski definition) is 3. The van der Waals surface area contributed by atoms with E-state index in [-0.39, 0.29) is 5.56 Å². The highest BCUT2D eigenvalue weighted by Gasteiger charge is 2.33. The molecule has 1 N–H and O–H groups in total. The average Bonchev–Trinajstić information content (AvgIpc) is 2.18. The molecule has 1 heterocycles. The van der Waals surface area contributed by atoms with Gasteiger partial charge in [-0.3, -0.25) is 0 Å². The highest BCUT2D eigenvalue weighted by atomic mass is 35.5. The second-order valence-corrected chi connectivity index (χ2v) is 2.99. The fourth-order valence-electron chi connectivity index (χ4n) is 1.05. The minimum Gasteiger partial charge on any atom is -0.403 e. The number of ether oxygens (including phenoxy) is 1. The zero-order valence-electron chi connectivity index (χ0n) is 7.68. The lowest BCUT2D eigenvalue weighted by atomic mass is 10.2. The van der Waals surface area contributed by atoms with E-state index in [2.05, 4.69) is 9.72 Å². The van der Waals surface area contributed by atoms with E-state index in [1.54, 1.807) is 0 Å². The van der Waals surface area contributed by atoms with Gasteiger partial charge >= 0.3 is 6.36 Å². The lowest BCUT2D eigenvalue weighted by molar-refractivity contribution is -0.275. The third kappa shape index (κ3) is 3.21. The normalized spacial score (nSPS) is 11.6. The Morgan fingerprint density at radius 2 is 2.06 bits per heavy atom. The predicted octanol–water partition coefficient (Wildman–Crippen LogP) is 2.35. The van der Waals surface area contributed by atoms with Gasteiger partial charge in [0.05, 0.1) is 12.5 Å². The molecule has 0 aromatic carbocycles. The van der Waals surface area contributed by atoms with Gasteiger partial charge in [-0.2, -0.15) is 4.39 Å². The summed E-state index contributed by atoms with van der Waals surface area (Å²) in [6, 6.07) is 0.716. The maximum Gasteiger partial charge on any atom is 0.573 e. The van der Waals surface area contributed by atoms with E-state index < -0.39 is 36.2 Å². The molecule has 0 aliphatic carbocycles. The molecule has 0 atom stereocenters. The summed E-state index contributed by atoms with van der Waals surface area (Å²) >= 11 is 5.34. The van der Waals surface area contributed by atoms with Gasteiger partial charge < -0.3 is 9.84 Å². The monoisotopic (exact) mass is 259 g/mol. The van der Waals surface area contributed by atoms with E-state index in [0.717, 1.165) is 0 Å². The summed E-state index contributed by atoms with van der Waals surface area (Å²) in [4.78, 5) is 3.08. The first kappa shape index (κ1) is 13.0. The van der Waals surface area contributed by atoms with Crippen LogP contribution in [0.25, 0.3) is 0 Å². The van der Waals surface area contributed by atoms with Gasteiger partial charge in [0.15, 0.2) is 5.75 Å². The van der Waals surface area contributed by atoms with Crippen LogP contribution in [0.15, 0.2) is 6.07 Å². The van der Waals surface area contributed by atoms with E-state index in [1.165, 1.54) is 0 Å². The highest BCUT2D eigenvalue weighted by molar-refractivity contribution is 6.17. The Hall–Kier alpha value is -1.08. The van der Waals surface area contributed by atoms with Crippen molar-refractivity contribution in [2.45, 2.75) is 18.8 Å². The third-order valence-corrected chi connectivity index (χ3v) is 1.89. The zero-order valence-corrected chi connectivity index (χ0v) is 8.44. The Labute approximate surface area is 92.6 Å². The van der Waals surface area contributed by atoms with Crippen molar-refractivity contribution >= 4 is 11.6 Å². The van der Waals surface area contributed by atoms with Crippen LogP contribution < -0.4 is 4.74 Å². The van der Waals surface area contributed by atoms with Crippen molar-refractivity contribution in [1.82, 2.24) is 4.98 Å². The maximum absolute atomic E-state index is 12.8. The Balaban J connectivity index is 3.22. The van der Waals surface area contributed by atoms with Crippen LogP contribution in [0.1, 0.15) is 11.3 Å². The molecule has 0 radical (unpaired) electrons. The molecule has 0 unspecified atom stereocenters. The van der Waals surface area contributed by atoms with Gasteiger partial charge in [-0.15, -0.1) is 24.8 Å². The summed E-state index contributed by atoms with van der Waals surface area (Å²) in [5, 5.41) is 8.74. The molecule has 1 aromatic heterocycles. The smallest absolute Gasteiger partial charge is 0.403 e. The number of hydrogen-bond donors (Lipinski definition) is 1. The van der Waals surface area contributed by atoms with Crippen LogP contribution in [0.5, 0.6) is 5.75 Å². The number of halogens is 5. The van der Waals surface area contributed by atoms with Gasteiger partial charge in [0.1, 0.15) is 5.69 Å². The van der Waals surface area contributed by atoms with Crippen LogP contribution in [-0.4, -0.2) is 16.5 Å². The van der Waals surface area contributed by atoms with E-state index in [1.807, 2.05) is 0 Å². The number of alkyl halides is 4. The standard InChI is InChI=1S/C8H6ClF4NO2/c9-2-4-1-6(10)14-5(3-15)7(4)16-8(11,12)13/h1,15H,2-3H2. The highest BCUT2D eigenvalue weighted by Crippen LogP contribution is 2.30. The van der Waals surface area contributed by atoms with E-state index in [4.69, 9.17) is 16.7 Å². The molecule has 0 aliphatic heterocycles. The molecule has 1 rings (SSSR count). The summed E-state index contributed by atoms with van der Waals surface area (Å²) in [6.07, 6.45) is -4.95. The molecule has 16 heavy (non-hydrogen) atoms. The topological polar surface area (TPSA) is 42.4 Å². The fraction of sp³-hybridized carbons (Fsp3) is 0.375. The lowest BCUT2D eigenvalue weighted by Crippen LogP contribution is -2.20. The fourth-order valence-corrected chi connectivity index (χ4v) is 1.25. The number of nitrogens with zero attached hydrogens (tertiary/aromatic N) is 1. The van der Waals surface area contributed by atoms with Gasteiger partial charge in [0, 0.05) is 11.6 Å². The summed E-state index contributed by atoms with van der Waals surface area (Å²) in [5.74, 6) is -2.18. The van der Waals surface area contributed by atoms with Crippen molar-refractivity contribution in [3.8, 4) is 5.75 Å². The van der Waals surface area contributed by atoms with Crippen molar-refractivity contribution in [2.24, 2.45) is 0 Å². The third-order valence-electron chi connectivity index (χ3n) is 1.60. The van der Waals surface area contributed by atoms with Gasteiger partial charge in [0.2, 0.25) is 5.95 Å². The predicted molar refractivity (Wildman–Crippen MR) is 46.4 cm³/mol. The summed E-state index contributed by atoms with van der Waals surface area (Å²) in [5.41, 5.74) is -0.775. The first-order valence-corrected chi connectivity index (χ1v) is 4.51. The molecule has 0 aliphatic rings. The number of aromatic nitrogens is 1. The molecule has 90 valence electrons. The molecule has 0 amide bonds. The lowest BCUT2D eigenvalue weighted by Gasteiger charge is -2.14. The first-order valence-electron chi connectivity index (χ1n) is 3.98. The van der Waals surface area contributed by atoms with Crippen LogP contribution in [0.4, 0.5) is 17.6 Å². The molecule has 0 saturated heterocycles. The quantitative estimate of drug-likeness (QED) is 0.515. The molecular weight excluding hydrogens is 254 g/mol. The van der Waals surface area contributed by atoms with Gasteiger partial charge in [-0.05, 0) is 0 Å². The summed E-state index contributed by atoms with van der Waals surface area (Å²) < 4.78 is 52.4. The Bertz CT molecular complexity index is 358. The molecule has 0 spiro atoms. The van der Waals surface area contributed by atoms with Crippen molar-refractivity contribution in [2.75, 3.05) is 0 Å². The summed E-state index contributed by atoms with van der Waals surface area (Å²) in [7, 11) is 0. The number of rotatable bonds is 3. The minimum atomic E-state index is -4.95. The van der Waals surface area contributed by atoms with E-state index in [9.17, 15) is 17.6 Å².